The number of carbonyl (C=O) groups excluding carboxylic acids is 1. The largest absolute Gasteiger partial charge is 0.449 e. The van der Waals surface area contributed by atoms with E-state index in [1.807, 2.05) is 4.90 Å². The molecule has 0 aromatic rings. The van der Waals surface area contributed by atoms with Gasteiger partial charge in [0.2, 0.25) is 0 Å². The third-order valence-electron chi connectivity index (χ3n) is 5.32. The summed E-state index contributed by atoms with van der Waals surface area (Å²) in [6, 6.07) is 0. The lowest BCUT2D eigenvalue weighted by atomic mass is 10.1. The Hall–Kier alpha value is -0.250. The fourth-order valence-electron chi connectivity index (χ4n) is 3.44. The van der Waals surface area contributed by atoms with Crippen LogP contribution in [0.1, 0.15) is 123 Å². The van der Waals surface area contributed by atoms with Crippen LogP contribution in [-0.2, 0) is 4.74 Å². The van der Waals surface area contributed by atoms with Crippen LogP contribution in [0.15, 0.2) is 0 Å². The Morgan fingerprint density at radius 3 is 1.57 bits per heavy atom. The van der Waals surface area contributed by atoms with Crippen LogP contribution in [0, 0.1) is 0 Å². The maximum Gasteiger partial charge on any atom is 0.409 e. The lowest BCUT2D eigenvalue weighted by Crippen LogP contribution is -2.33. The molecule has 4 heteroatoms. The number of nitrogens with zero attached hydrogens (tertiary/aromatic N) is 1. The summed E-state index contributed by atoms with van der Waals surface area (Å²) in [6.45, 7) is 6.81. The number of rotatable bonds is 21. The third-order valence-corrected chi connectivity index (χ3v) is 5.89. The zero-order valence-electron chi connectivity index (χ0n) is 19.0. The van der Waals surface area contributed by atoms with Crippen LogP contribution >= 0.6 is 15.9 Å². The number of hydrogen-bond donors (Lipinski definition) is 0. The van der Waals surface area contributed by atoms with Crippen LogP contribution in [-0.4, -0.2) is 36.0 Å². The van der Waals surface area contributed by atoms with E-state index in [9.17, 15) is 4.79 Å². The summed E-state index contributed by atoms with van der Waals surface area (Å²) in [7, 11) is 0. The molecule has 28 heavy (non-hydrogen) atoms. The molecule has 0 spiro atoms. The van der Waals surface area contributed by atoms with Crippen molar-refractivity contribution in [2.45, 2.75) is 123 Å². The number of carbonyl (C=O) groups is 1. The van der Waals surface area contributed by atoms with Crippen molar-refractivity contribution in [3.63, 3.8) is 0 Å². The topological polar surface area (TPSA) is 29.5 Å². The molecule has 0 atom stereocenters. The first-order valence-electron chi connectivity index (χ1n) is 12.2. The van der Waals surface area contributed by atoms with Crippen LogP contribution in [0.4, 0.5) is 4.79 Å². The van der Waals surface area contributed by atoms with Gasteiger partial charge in [0.15, 0.2) is 0 Å². The van der Waals surface area contributed by atoms with Gasteiger partial charge in [-0.15, -0.1) is 0 Å². The first-order valence-corrected chi connectivity index (χ1v) is 13.4. The third kappa shape index (κ3) is 19.1. The quantitative estimate of drug-likeness (QED) is 0.126. The normalized spacial score (nSPS) is 11.0. The predicted molar refractivity (Wildman–Crippen MR) is 127 cm³/mol. The molecular formula is C24H48BrNO2. The van der Waals surface area contributed by atoms with Gasteiger partial charge in [0.25, 0.3) is 0 Å². The molecule has 0 fully saturated rings. The molecule has 0 aliphatic heterocycles. The molecule has 0 aromatic heterocycles. The molecule has 168 valence electrons. The smallest absolute Gasteiger partial charge is 0.409 e. The van der Waals surface area contributed by atoms with Crippen molar-refractivity contribution in [1.82, 2.24) is 4.90 Å². The van der Waals surface area contributed by atoms with E-state index in [4.69, 9.17) is 4.74 Å². The van der Waals surface area contributed by atoms with Gasteiger partial charge in [0, 0.05) is 18.4 Å². The molecule has 0 unspecified atom stereocenters. The molecule has 0 N–H and O–H groups in total. The van der Waals surface area contributed by atoms with E-state index in [0.717, 1.165) is 44.1 Å². The number of alkyl halides is 1. The molecule has 0 radical (unpaired) electrons. The van der Waals surface area contributed by atoms with Crippen molar-refractivity contribution in [2.24, 2.45) is 0 Å². The highest BCUT2D eigenvalue weighted by Crippen LogP contribution is 2.11. The summed E-state index contributed by atoms with van der Waals surface area (Å²) < 4.78 is 5.58. The van der Waals surface area contributed by atoms with Crippen LogP contribution < -0.4 is 0 Å². The molecule has 3 nitrogen and oxygen atoms in total. The monoisotopic (exact) mass is 461 g/mol. The first-order chi connectivity index (χ1) is 13.8. The number of hydrogen-bond acceptors (Lipinski definition) is 2. The van der Waals surface area contributed by atoms with Gasteiger partial charge >= 0.3 is 6.09 Å². The van der Waals surface area contributed by atoms with Gasteiger partial charge in [-0.25, -0.2) is 4.79 Å². The van der Waals surface area contributed by atoms with Gasteiger partial charge in [0.1, 0.15) is 0 Å². The maximum atomic E-state index is 12.5. The highest BCUT2D eigenvalue weighted by Gasteiger charge is 2.14. The van der Waals surface area contributed by atoms with Gasteiger partial charge in [-0.2, -0.15) is 0 Å². The van der Waals surface area contributed by atoms with Crippen LogP contribution in [0.2, 0.25) is 0 Å². The molecule has 0 aromatic carbocycles. The number of halogens is 1. The number of amides is 1. The number of ether oxygens (including phenoxy) is 1. The van der Waals surface area contributed by atoms with Gasteiger partial charge in [-0.05, 0) is 25.7 Å². The van der Waals surface area contributed by atoms with E-state index in [2.05, 4.69) is 29.8 Å². The fraction of sp³-hybridized carbons (Fsp3) is 0.958. The van der Waals surface area contributed by atoms with Crippen LogP contribution in [0.3, 0.4) is 0 Å². The Labute approximate surface area is 184 Å². The number of unbranched alkanes of at least 4 members (excludes halogenated alkanes) is 14. The summed E-state index contributed by atoms with van der Waals surface area (Å²) in [5, 5.41) is 1.09. The minimum absolute atomic E-state index is 0.0809. The van der Waals surface area contributed by atoms with Crippen molar-refractivity contribution in [2.75, 3.05) is 25.0 Å². The van der Waals surface area contributed by atoms with Crippen LogP contribution in [0.25, 0.3) is 0 Å². The highest BCUT2D eigenvalue weighted by molar-refractivity contribution is 9.09. The minimum atomic E-state index is -0.0809. The van der Waals surface area contributed by atoms with Crippen molar-refractivity contribution in [1.29, 1.82) is 0 Å². The molecular weight excluding hydrogens is 414 g/mol. The van der Waals surface area contributed by atoms with Crippen LogP contribution in [0.5, 0.6) is 0 Å². The van der Waals surface area contributed by atoms with Crippen molar-refractivity contribution >= 4 is 22.0 Å². The average Bonchev–Trinajstić information content (AvgIpc) is 2.70. The molecule has 1 amide bonds. The molecule has 0 bridgehead atoms. The predicted octanol–water partition coefficient (Wildman–Crippen LogP) is 8.49. The zero-order valence-corrected chi connectivity index (χ0v) is 20.6. The minimum Gasteiger partial charge on any atom is -0.449 e. The lowest BCUT2D eigenvalue weighted by Gasteiger charge is -2.22. The van der Waals surface area contributed by atoms with E-state index in [1.165, 1.54) is 83.5 Å². The van der Waals surface area contributed by atoms with Crippen molar-refractivity contribution < 1.29 is 9.53 Å². The summed E-state index contributed by atoms with van der Waals surface area (Å²) in [4.78, 5) is 14.5. The molecule has 0 heterocycles. The first kappa shape index (κ1) is 27.8. The Bertz CT molecular complexity index is 310. The van der Waals surface area contributed by atoms with Gasteiger partial charge in [-0.1, -0.05) is 113 Å². The van der Waals surface area contributed by atoms with Gasteiger partial charge < -0.3 is 9.64 Å². The lowest BCUT2D eigenvalue weighted by molar-refractivity contribution is 0.0989. The summed E-state index contributed by atoms with van der Waals surface area (Å²) in [6.07, 6.45) is 21.0. The van der Waals surface area contributed by atoms with E-state index in [-0.39, 0.29) is 6.09 Å². The molecule has 0 saturated carbocycles. The van der Waals surface area contributed by atoms with E-state index >= 15 is 0 Å². The molecule has 0 saturated heterocycles. The van der Waals surface area contributed by atoms with Gasteiger partial charge in [-0.3, -0.25) is 0 Å². The Kier molecular flexibility index (Phi) is 22.8. The maximum absolute atomic E-state index is 12.5. The van der Waals surface area contributed by atoms with Crippen molar-refractivity contribution in [3.05, 3.63) is 0 Å². The molecule has 0 aliphatic rings. The van der Waals surface area contributed by atoms with E-state index < -0.39 is 0 Å². The Morgan fingerprint density at radius 2 is 1.07 bits per heavy atom. The molecule has 0 aliphatic carbocycles. The summed E-state index contributed by atoms with van der Waals surface area (Å²) in [5.41, 5.74) is 0. The fourth-order valence-corrected chi connectivity index (χ4v) is 3.83. The Morgan fingerprint density at radius 1 is 0.643 bits per heavy atom. The second kappa shape index (κ2) is 23.0. The SMILES string of the molecule is CCCCCCCCN(CCCCCCCC)C(=O)OCCCCCCCBr. The zero-order chi connectivity index (χ0) is 20.7. The molecule has 0 rings (SSSR count). The highest BCUT2D eigenvalue weighted by atomic mass is 79.9. The summed E-state index contributed by atoms with van der Waals surface area (Å²) >= 11 is 3.47. The Balaban J connectivity index is 4.01. The standard InChI is InChI=1S/C24H48BrNO2/c1-3-5-7-9-13-17-21-26(22-18-14-10-8-6-4-2)24(27)28-23-19-15-11-12-16-20-25/h3-23H2,1-2H3. The van der Waals surface area contributed by atoms with Crippen molar-refractivity contribution in [3.8, 4) is 0 Å². The van der Waals surface area contributed by atoms with E-state index in [0.29, 0.717) is 6.61 Å². The van der Waals surface area contributed by atoms with Gasteiger partial charge in [0.05, 0.1) is 6.61 Å². The van der Waals surface area contributed by atoms with E-state index in [1.54, 1.807) is 0 Å². The average molecular weight is 463 g/mol. The second-order valence-corrected chi connectivity index (χ2v) is 8.89. The summed E-state index contributed by atoms with van der Waals surface area (Å²) in [5.74, 6) is 0. The second-order valence-electron chi connectivity index (χ2n) is 8.09.